The largest absolute Gasteiger partial charge is 0.378 e. The normalized spacial score (nSPS) is 19.8. The number of hydrogen-bond acceptors (Lipinski definition) is 3. The Labute approximate surface area is 144 Å². The van der Waals surface area contributed by atoms with Crippen LogP contribution in [-0.2, 0) is 0 Å². The number of hydrogen-bond donors (Lipinski definition) is 1. The third kappa shape index (κ3) is 2.65. The Bertz CT molecular complexity index is 997. The van der Waals surface area contributed by atoms with E-state index in [1.807, 2.05) is 32.0 Å². The molecule has 0 fully saturated rings. The summed E-state index contributed by atoms with van der Waals surface area (Å²) in [6, 6.07) is 11.6. The van der Waals surface area contributed by atoms with Crippen molar-refractivity contribution in [2.45, 2.75) is 25.9 Å². The zero-order valence-electron chi connectivity index (χ0n) is 13.9. The number of para-hydroxylation sites is 2. The predicted octanol–water partition coefficient (Wildman–Crippen LogP) is 4.55. The number of nitrogens with one attached hydrogen (secondary N) is 1. The molecular weight excluding hydrogens is 320 g/mol. The van der Waals surface area contributed by atoms with Crippen molar-refractivity contribution in [3.05, 3.63) is 71.4 Å². The highest BCUT2D eigenvalue weighted by atomic mass is 19.1. The molecule has 3 nitrogen and oxygen atoms in total. The van der Waals surface area contributed by atoms with Crippen molar-refractivity contribution >= 4 is 22.3 Å². The van der Waals surface area contributed by atoms with Crippen LogP contribution in [0.5, 0.6) is 0 Å². The molecule has 2 aromatic carbocycles. The fourth-order valence-corrected chi connectivity index (χ4v) is 3.08. The lowest BCUT2D eigenvalue weighted by Crippen LogP contribution is -2.26. The standard InChI is InChI=1S/C20H17F2N3/c1-11-12(2)25-20-15(6-4-8-17(20)22)18(24-11)14-9-13-5-3-7-16(21)19(13)23-10-14/h3-12,25H,1-2H3/t11-,12-/m0/s1. The Morgan fingerprint density at radius 1 is 1.00 bits per heavy atom. The number of aliphatic imine (C=N–C) groups is 1. The number of nitrogens with zero attached hydrogens (tertiary/aromatic N) is 2. The van der Waals surface area contributed by atoms with E-state index in [1.165, 1.54) is 12.1 Å². The van der Waals surface area contributed by atoms with E-state index in [4.69, 9.17) is 4.99 Å². The van der Waals surface area contributed by atoms with Crippen molar-refractivity contribution in [3.63, 3.8) is 0 Å². The van der Waals surface area contributed by atoms with Crippen LogP contribution in [0.15, 0.2) is 53.7 Å². The van der Waals surface area contributed by atoms with Gasteiger partial charge in [0.25, 0.3) is 0 Å². The third-order valence-electron chi connectivity index (χ3n) is 4.63. The Morgan fingerprint density at radius 3 is 2.60 bits per heavy atom. The van der Waals surface area contributed by atoms with E-state index in [0.29, 0.717) is 27.9 Å². The molecule has 0 saturated heterocycles. The molecule has 2 heterocycles. The summed E-state index contributed by atoms with van der Waals surface area (Å²) in [6.45, 7) is 3.96. The van der Waals surface area contributed by atoms with Gasteiger partial charge in [0, 0.05) is 28.8 Å². The van der Waals surface area contributed by atoms with Gasteiger partial charge in [0.05, 0.1) is 17.4 Å². The van der Waals surface area contributed by atoms with Crippen molar-refractivity contribution in [2.24, 2.45) is 4.99 Å². The average molecular weight is 337 g/mol. The average Bonchev–Trinajstić information content (AvgIpc) is 2.73. The number of rotatable bonds is 1. The smallest absolute Gasteiger partial charge is 0.149 e. The second kappa shape index (κ2) is 5.92. The molecular formula is C20H17F2N3. The fraction of sp³-hybridized carbons (Fsp3) is 0.200. The molecule has 4 rings (SSSR count). The molecule has 25 heavy (non-hydrogen) atoms. The summed E-state index contributed by atoms with van der Waals surface area (Å²) in [4.78, 5) is 9.05. The minimum Gasteiger partial charge on any atom is -0.378 e. The van der Waals surface area contributed by atoms with Gasteiger partial charge in [0.1, 0.15) is 17.2 Å². The van der Waals surface area contributed by atoms with Gasteiger partial charge in [0.2, 0.25) is 0 Å². The molecule has 0 bridgehead atoms. The first kappa shape index (κ1) is 15.7. The number of halogens is 2. The lowest BCUT2D eigenvalue weighted by Gasteiger charge is -2.17. The first-order valence-electron chi connectivity index (χ1n) is 8.22. The van der Waals surface area contributed by atoms with Gasteiger partial charge in [-0.2, -0.15) is 0 Å². The lowest BCUT2D eigenvalue weighted by atomic mass is 10.0. The Morgan fingerprint density at radius 2 is 1.76 bits per heavy atom. The number of benzodiazepines with no additional fused rings is 1. The van der Waals surface area contributed by atoms with Crippen LogP contribution in [0.25, 0.3) is 10.9 Å². The summed E-state index contributed by atoms with van der Waals surface area (Å²) >= 11 is 0. The van der Waals surface area contributed by atoms with Crippen molar-refractivity contribution in [2.75, 3.05) is 5.32 Å². The Kier molecular flexibility index (Phi) is 3.71. The molecule has 2 atom stereocenters. The highest BCUT2D eigenvalue weighted by Crippen LogP contribution is 2.29. The summed E-state index contributed by atoms with van der Waals surface area (Å²) in [5.41, 5.74) is 2.86. The van der Waals surface area contributed by atoms with E-state index in [-0.39, 0.29) is 23.7 Å². The van der Waals surface area contributed by atoms with Gasteiger partial charge in [0.15, 0.2) is 0 Å². The maximum Gasteiger partial charge on any atom is 0.149 e. The topological polar surface area (TPSA) is 37.3 Å². The Balaban J connectivity index is 1.94. The minimum absolute atomic E-state index is 0.0148. The summed E-state index contributed by atoms with van der Waals surface area (Å²) in [5, 5.41) is 3.91. The number of anilines is 1. The molecule has 5 heteroatoms. The van der Waals surface area contributed by atoms with Gasteiger partial charge in [-0.3, -0.25) is 9.98 Å². The van der Waals surface area contributed by atoms with Gasteiger partial charge in [-0.15, -0.1) is 0 Å². The van der Waals surface area contributed by atoms with Crippen LogP contribution in [0.3, 0.4) is 0 Å². The first-order valence-corrected chi connectivity index (χ1v) is 8.22. The van der Waals surface area contributed by atoms with E-state index in [2.05, 4.69) is 10.3 Å². The van der Waals surface area contributed by atoms with Crippen LogP contribution in [0, 0.1) is 11.6 Å². The summed E-state index contributed by atoms with van der Waals surface area (Å²) in [5.74, 6) is -0.673. The molecule has 0 amide bonds. The van der Waals surface area contributed by atoms with Crippen molar-refractivity contribution < 1.29 is 8.78 Å². The number of fused-ring (bicyclic) bond motifs is 2. The maximum atomic E-state index is 14.4. The number of pyridine rings is 1. The zero-order valence-corrected chi connectivity index (χ0v) is 13.9. The number of benzene rings is 2. The monoisotopic (exact) mass is 337 g/mol. The van der Waals surface area contributed by atoms with Gasteiger partial charge < -0.3 is 5.32 Å². The number of aromatic nitrogens is 1. The fourth-order valence-electron chi connectivity index (χ4n) is 3.08. The second-order valence-corrected chi connectivity index (χ2v) is 6.35. The highest BCUT2D eigenvalue weighted by molar-refractivity contribution is 6.17. The summed E-state index contributed by atoms with van der Waals surface area (Å²) in [7, 11) is 0. The van der Waals surface area contributed by atoms with E-state index in [0.717, 1.165) is 5.56 Å². The van der Waals surface area contributed by atoms with Crippen LogP contribution in [0.2, 0.25) is 0 Å². The van der Waals surface area contributed by atoms with Gasteiger partial charge in [-0.1, -0.05) is 24.3 Å². The van der Waals surface area contributed by atoms with E-state index >= 15 is 0 Å². The van der Waals surface area contributed by atoms with Crippen molar-refractivity contribution in [3.8, 4) is 0 Å². The van der Waals surface area contributed by atoms with Gasteiger partial charge in [-0.25, -0.2) is 8.78 Å². The van der Waals surface area contributed by atoms with Crippen LogP contribution in [0.4, 0.5) is 14.5 Å². The molecule has 0 unspecified atom stereocenters. The molecule has 0 radical (unpaired) electrons. The molecule has 1 aromatic heterocycles. The summed E-state index contributed by atoms with van der Waals surface area (Å²) < 4.78 is 28.2. The van der Waals surface area contributed by atoms with E-state index in [9.17, 15) is 8.78 Å². The molecule has 1 N–H and O–H groups in total. The van der Waals surface area contributed by atoms with E-state index in [1.54, 1.807) is 18.3 Å². The third-order valence-corrected chi connectivity index (χ3v) is 4.63. The Hall–Kier alpha value is -2.82. The van der Waals surface area contributed by atoms with Crippen LogP contribution < -0.4 is 5.32 Å². The first-order chi connectivity index (χ1) is 12.0. The van der Waals surface area contributed by atoms with Crippen LogP contribution in [0.1, 0.15) is 25.0 Å². The predicted molar refractivity (Wildman–Crippen MR) is 96.3 cm³/mol. The summed E-state index contributed by atoms with van der Waals surface area (Å²) in [6.07, 6.45) is 1.60. The van der Waals surface area contributed by atoms with Crippen LogP contribution >= 0.6 is 0 Å². The SMILES string of the molecule is C[C@@H]1N=C(c2cnc3c(F)cccc3c2)c2cccc(F)c2N[C@H]1C. The molecule has 0 spiro atoms. The van der Waals surface area contributed by atoms with Gasteiger partial charge >= 0.3 is 0 Å². The quantitative estimate of drug-likeness (QED) is 0.707. The van der Waals surface area contributed by atoms with Crippen molar-refractivity contribution in [1.82, 2.24) is 4.98 Å². The maximum absolute atomic E-state index is 14.4. The molecule has 126 valence electrons. The van der Waals surface area contributed by atoms with E-state index < -0.39 is 0 Å². The molecule has 3 aromatic rings. The van der Waals surface area contributed by atoms with Crippen LogP contribution in [-0.4, -0.2) is 22.8 Å². The zero-order chi connectivity index (χ0) is 17.6. The molecule has 1 aliphatic heterocycles. The molecule has 1 aliphatic rings. The van der Waals surface area contributed by atoms with Crippen molar-refractivity contribution in [1.29, 1.82) is 0 Å². The van der Waals surface area contributed by atoms with Gasteiger partial charge in [-0.05, 0) is 32.0 Å². The second-order valence-electron chi connectivity index (χ2n) is 6.35. The minimum atomic E-state index is -0.359. The molecule has 0 aliphatic carbocycles. The lowest BCUT2D eigenvalue weighted by molar-refractivity contribution is 0.612. The highest BCUT2D eigenvalue weighted by Gasteiger charge is 2.24. The molecule has 0 saturated carbocycles.